The van der Waals surface area contributed by atoms with E-state index in [1.54, 1.807) is 0 Å². The van der Waals surface area contributed by atoms with Crippen molar-refractivity contribution < 1.29 is 30.4 Å². The highest BCUT2D eigenvalue weighted by Crippen LogP contribution is 2.26. The molecule has 11 heteroatoms. The maximum absolute atomic E-state index is 13.8. The first-order valence-corrected chi connectivity index (χ1v) is 12.8. The van der Waals surface area contributed by atoms with E-state index in [4.69, 9.17) is 0 Å². The molecule has 0 aliphatic carbocycles. The second-order valence-corrected chi connectivity index (χ2v) is 11.3. The Morgan fingerprint density at radius 3 is 2.06 bits per heavy atom. The summed E-state index contributed by atoms with van der Waals surface area (Å²) in [5, 5.41) is -0.793. The van der Waals surface area contributed by atoms with Crippen LogP contribution in [0.25, 0.3) is 0 Å². The number of hydrogen-bond donors (Lipinski definition) is 1. The van der Waals surface area contributed by atoms with Crippen LogP contribution in [0.5, 0.6) is 0 Å². The molecular weight excluding hydrogens is 474 g/mol. The molecule has 1 heterocycles. The molecule has 1 amide bonds. The van der Waals surface area contributed by atoms with E-state index < -0.39 is 47.5 Å². The van der Waals surface area contributed by atoms with Crippen LogP contribution in [-0.2, 0) is 19.9 Å². The Morgan fingerprint density at radius 2 is 1.45 bits per heavy atom. The van der Waals surface area contributed by atoms with Gasteiger partial charge in [-0.05, 0) is 60.7 Å². The van der Waals surface area contributed by atoms with Gasteiger partial charge in [0.05, 0.1) is 4.90 Å². The van der Waals surface area contributed by atoms with Crippen LogP contribution in [0, 0.1) is 11.6 Å². The van der Waals surface area contributed by atoms with Crippen molar-refractivity contribution in [2.45, 2.75) is 15.0 Å². The molecule has 33 heavy (non-hydrogen) atoms. The fourth-order valence-electron chi connectivity index (χ4n) is 3.35. The second-order valence-electron chi connectivity index (χ2n) is 7.44. The van der Waals surface area contributed by atoms with Crippen molar-refractivity contribution in [1.82, 2.24) is 4.90 Å². The Balaban J connectivity index is 1.40. The molecule has 1 fully saturated rings. The Hall–Kier alpha value is -3.31. The standard InChI is InChI=1S/C22H18F2N2O5S2/c23-16-7-11-18(12-8-16)32(28,29)19-13-26(14-19)22(27)15-5-9-17(10-6-15)25-33(30,31)21-4-2-1-3-20(21)24/h1-12,19,25H,13-14H2. The van der Waals surface area contributed by atoms with Gasteiger partial charge in [-0.3, -0.25) is 9.52 Å². The summed E-state index contributed by atoms with van der Waals surface area (Å²) in [7, 11) is -7.84. The van der Waals surface area contributed by atoms with E-state index >= 15 is 0 Å². The Kier molecular flexibility index (Phi) is 5.93. The molecule has 3 aromatic carbocycles. The van der Waals surface area contributed by atoms with Crippen LogP contribution < -0.4 is 4.72 Å². The second kappa shape index (κ2) is 8.56. The van der Waals surface area contributed by atoms with Crippen molar-refractivity contribution in [2.75, 3.05) is 17.8 Å². The first kappa shape index (κ1) is 22.9. The van der Waals surface area contributed by atoms with E-state index in [1.165, 1.54) is 53.4 Å². The van der Waals surface area contributed by atoms with Gasteiger partial charge in [0.2, 0.25) is 0 Å². The normalized spacial score (nSPS) is 14.5. The molecular formula is C22H18F2N2O5S2. The number of sulfone groups is 1. The Labute approximate surface area is 189 Å². The number of nitrogens with one attached hydrogen (secondary N) is 1. The number of sulfonamides is 1. The smallest absolute Gasteiger partial charge is 0.264 e. The zero-order valence-corrected chi connectivity index (χ0v) is 18.6. The van der Waals surface area contributed by atoms with Crippen molar-refractivity contribution in [3.05, 3.63) is 90.0 Å². The number of carbonyl (C=O) groups is 1. The summed E-state index contributed by atoms with van der Waals surface area (Å²) in [5.41, 5.74) is 0.372. The van der Waals surface area contributed by atoms with E-state index in [9.17, 15) is 30.4 Å². The minimum absolute atomic E-state index is 0.00696. The van der Waals surface area contributed by atoms with Crippen LogP contribution in [0.1, 0.15) is 10.4 Å². The molecule has 172 valence electrons. The van der Waals surface area contributed by atoms with Crippen molar-refractivity contribution in [3.8, 4) is 0 Å². The number of benzene rings is 3. The minimum Gasteiger partial charge on any atom is -0.336 e. The van der Waals surface area contributed by atoms with Crippen molar-refractivity contribution in [3.63, 3.8) is 0 Å². The first-order valence-electron chi connectivity index (χ1n) is 9.74. The number of carbonyl (C=O) groups excluding carboxylic acids is 1. The summed E-state index contributed by atoms with van der Waals surface area (Å²) >= 11 is 0. The lowest BCUT2D eigenvalue weighted by molar-refractivity contribution is 0.0659. The molecule has 0 radical (unpaired) electrons. The van der Waals surface area contributed by atoms with E-state index in [0.29, 0.717) is 0 Å². The fourth-order valence-corrected chi connectivity index (χ4v) is 6.14. The highest BCUT2D eigenvalue weighted by atomic mass is 32.2. The molecule has 3 aromatic rings. The largest absolute Gasteiger partial charge is 0.336 e. The molecule has 4 rings (SSSR count). The van der Waals surface area contributed by atoms with Gasteiger partial charge in [-0.2, -0.15) is 0 Å². The number of anilines is 1. The summed E-state index contributed by atoms with van der Waals surface area (Å²) in [6, 6.07) is 15.0. The number of amides is 1. The number of likely N-dealkylation sites (tertiary alicyclic amines) is 1. The van der Waals surface area contributed by atoms with Crippen molar-refractivity contribution in [1.29, 1.82) is 0 Å². The zero-order chi connectivity index (χ0) is 23.8. The van der Waals surface area contributed by atoms with Gasteiger partial charge in [0, 0.05) is 24.3 Å². The number of halogens is 2. The summed E-state index contributed by atoms with van der Waals surface area (Å²) in [6.07, 6.45) is 0. The third-order valence-electron chi connectivity index (χ3n) is 5.23. The van der Waals surface area contributed by atoms with Gasteiger partial charge in [0.1, 0.15) is 21.8 Å². The molecule has 1 aliphatic rings. The predicted molar refractivity (Wildman–Crippen MR) is 117 cm³/mol. The van der Waals surface area contributed by atoms with Crippen LogP contribution >= 0.6 is 0 Å². The quantitative estimate of drug-likeness (QED) is 0.533. The van der Waals surface area contributed by atoms with Crippen molar-refractivity contribution >= 4 is 31.5 Å². The lowest BCUT2D eigenvalue weighted by Crippen LogP contribution is -2.56. The summed E-state index contributed by atoms with van der Waals surface area (Å²) in [5.74, 6) is -1.84. The minimum atomic E-state index is -4.15. The molecule has 0 saturated carbocycles. The molecule has 7 nitrogen and oxygen atoms in total. The summed E-state index contributed by atoms with van der Waals surface area (Å²) in [4.78, 5) is 13.5. The number of nitrogens with zero attached hydrogens (tertiary/aromatic N) is 1. The average molecular weight is 493 g/mol. The van der Waals surface area contributed by atoms with Crippen LogP contribution in [-0.4, -0.2) is 46.0 Å². The summed E-state index contributed by atoms with van der Waals surface area (Å²) in [6.45, 7) is -0.0274. The molecule has 0 bridgehead atoms. The summed E-state index contributed by atoms with van der Waals surface area (Å²) < 4.78 is 79.0. The highest BCUT2D eigenvalue weighted by molar-refractivity contribution is 7.92. The van der Waals surface area contributed by atoms with Crippen LogP contribution in [0.15, 0.2) is 82.6 Å². The Bertz CT molecular complexity index is 1400. The first-order chi connectivity index (χ1) is 15.6. The molecule has 1 aliphatic heterocycles. The van der Waals surface area contributed by atoms with Crippen molar-refractivity contribution in [2.24, 2.45) is 0 Å². The maximum Gasteiger partial charge on any atom is 0.264 e. The highest BCUT2D eigenvalue weighted by Gasteiger charge is 2.40. The van der Waals surface area contributed by atoms with Gasteiger partial charge in [-0.1, -0.05) is 12.1 Å². The van der Waals surface area contributed by atoms with E-state index in [2.05, 4.69) is 4.72 Å². The van der Waals surface area contributed by atoms with E-state index in [0.717, 1.165) is 24.3 Å². The maximum atomic E-state index is 13.8. The third kappa shape index (κ3) is 4.60. The van der Waals surface area contributed by atoms with Gasteiger partial charge < -0.3 is 4.90 Å². The van der Waals surface area contributed by atoms with E-state index in [1.807, 2.05) is 0 Å². The van der Waals surface area contributed by atoms with Gasteiger partial charge in [-0.15, -0.1) is 0 Å². The van der Waals surface area contributed by atoms with Gasteiger partial charge in [0.25, 0.3) is 15.9 Å². The molecule has 0 atom stereocenters. The zero-order valence-electron chi connectivity index (χ0n) is 17.0. The molecule has 0 aromatic heterocycles. The molecule has 1 N–H and O–H groups in total. The van der Waals surface area contributed by atoms with Crippen LogP contribution in [0.3, 0.4) is 0 Å². The monoisotopic (exact) mass is 492 g/mol. The average Bonchev–Trinajstić information content (AvgIpc) is 2.73. The van der Waals surface area contributed by atoms with E-state index in [-0.39, 0.29) is 29.2 Å². The molecule has 0 spiro atoms. The van der Waals surface area contributed by atoms with Gasteiger partial charge in [0.15, 0.2) is 9.84 Å². The van der Waals surface area contributed by atoms with Gasteiger partial charge >= 0.3 is 0 Å². The SMILES string of the molecule is O=C(c1ccc(NS(=O)(=O)c2ccccc2F)cc1)N1CC(S(=O)(=O)c2ccc(F)cc2)C1. The van der Waals surface area contributed by atoms with Crippen LogP contribution in [0.2, 0.25) is 0 Å². The predicted octanol–water partition coefficient (Wildman–Crippen LogP) is 3.06. The molecule has 1 saturated heterocycles. The Morgan fingerprint density at radius 1 is 0.848 bits per heavy atom. The van der Waals surface area contributed by atoms with Gasteiger partial charge in [-0.25, -0.2) is 25.6 Å². The lowest BCUT2D eigenvalue weighted by atomic mass is 10.1. The number of rotatable bonds is 6. The third-order valence-corrected chi connectivity index (χ3v) is 8.75. The fraction of sp³-hybridized carbons (Fsp3) is 0.136. The molecule has 0 unspecified atom stereocenters. The van der Waals surface area contributed by atoms with Crippen LogP contribution in [0.4, 0.5) is 14.5 Å². The number of hydrogen-bond acceptors (Lipinski definition) is 5. The topological polar surface area (TPSA) is 101 Å². The lowest BCUT2D eigenvalue weighted by Gasteiger charge is -2.38.